The predicted molar refractivity (Wildman–Crippen MR) is 118 cm³/mol. The molecule has 0 spiro atoms. The summed E-state index contributed by atoms with van der Waals surface area (Å²) >= 11 is 21.6. The largest absolute Gasteiger partial charge is 0.307 e. The lowest BCUT2D eigenvalue weighted by atomic mass is 10.2. The van der Waals surface area contributed by atoms with Gasteiger partial charge in [-0.25, -0.2) is 8.78 Å². The van der Waals surface area contributed by atoms with Gasteiger partial charge in [0.25, 0.3) is 6.43 Å². The number of nitrogens with one attached hydrogen (secondary N) is 1. The number of halogens is 6. The number of carbonyl (C=O) groups excluding carboxylic acids is 1. The van der Waals surface area contributed by atoms with Gasteiger partial charge in [0.1, 0.15) is 12.2 Å². The molecule has 12 heteroatoms. The van der Waals surface area contributed by atoms with Crippen molar-refractivity contribution >= 4 is 62.5 Å². The van der Waals surface area contributed by atoms with E-state index in [0.717, 1.165) is 18.4 Å². The zero-order chi connectivity index (χ0) is 22.3. The number of rotatable bonds is 7. The molecular formula is C19H15BrCl3F2N5O. The Morgan fingerprint density at radius 1 is 1.26 bits per heavy atom. The van der Waals surface area contributed by atoms with Crippen molar-refractivity contribution < 1.29 is 13.6 Å². The van der Waals surface area contributed by atoms with Crippen molar-refractivity contribution in [3.63, 3.8) is 0 Å². The highest BCUT2D eigenvalue weighted by molar-refractivity contribution is 9.10. The van der Waals surface area contributed by atoms with E-state index in [-0.39, 0.29) is 23.3 Å². The molecule has 164 valence electrons. The van der Waals surface area contributed by atoms with E-state index in [1.807, 2.05) is 0 Å². The number of hydrogen-bond donors (Lipinski definition) is 1. The molecule has 6 nitrogen and oxygen atoms in total. The molecule has 1 N–H and O–H groups in total. The van der Waals surface area contributed by atoms with Gasteiger partial charge in [0, 0.05) is 22.2 Å². The molecule has 2 aromatic heterocycles. The lowest BCUT2D eigenvalue weighted by molar-refractivity contribution is -0.117. The quantitative estimate of drug-likeness (QED) is 0.373. The Balaban J connectivity index is 1.48. The standard InChI is InChI=1S/C19H15BrCl3F2N5O/c20-12-7-29(6-10-3-4-11(21)5-13(10)22)28-19(12)26-14(31)8-30-17(9-1-2-9)15(23)16(27-30)18(24)25/h3-5,7,9,18H,1-2,6,8H2,(H,26,28,31). The van der Waals surface area contributed by atoms with Crippen LogP contribution in [0.5, 0.6) is 0 Å². The fourth-order valence-electron chi connectivity index (χ4n) is 3.17. The van der Waals surface area contributed by atoms with Gasteiger partial charge in [-0.2, -0.15) is 10.2 Å². The highest BCUT2D eigenvalue weighted by atomic mass is 79.9. The lowest BCUT2D eigenvalue weighted by Gasteiger charge is -2.07. The van der Waals surface area contributed by atoms with E-state index in [9.17, 15) is 13.6 Å². The van der Waals surface area contributed by atoms with Crippen LogP contribution in [0.4, 0.5) is 14.6 Å². The zero-order valence-electron chi connectivity index (χ0n) is 15.8. The Morgan fingerprint density at radius 3 is 2.65 bits per heavy atom. The summed E-state index contributed by atoms with van der Waals surface area (Å²) in [5.41, 5.74) is 0.787. The third kappa shape index (κ3) is 5.05. The number of carbonyl (C=O) groups is 1. The summed E-state index contributed by atoms with van der Waals surface area (Å²) in [6, 6.07) is 5.16. The van der Waals surface area contributed by atoms with Gasteiger partial charge in [-0.3, -0.25) is 14.2 Å². The van der Waals surface area contributed by atoms with Crippen molar-refractivity contribution in [2.75, 3.05) is 5.32 Å². The fraction of sp³-hybridized carbons (Fsp3) is 0.316. The Bertz CT molecular complexity index is 1150. The van der Waals surface area contributed by atoms with E-state index in [2.05, 4.69) is 31.4 Å². The van der Waals surface area contributed by atoms with Crippen LogP contribution in [0.1, 0.15) is 42.1 Å². The summed E-state index contributed by atoms with van der Waals surface area (Å²) in [6.45, 7) is 0.114. The summed E-state index contributed by atoms with van der Waals surface area (Å²) in [5, 5.41) is 11.8. The number of alkyl halides is 2. The van der Waals surface area contributed by atoms with Crippen LogP contribution in [0.2, 0.25) is 15.1 Å². The summed E-state index contributed by atoms with van der Waals surface area (Å²) in [6.07, 6.45) is 0.548. The highest BCUT2D eigenvalue weighted by Gasteiger charge is 2.34. The summed E-state index contributed by atoms with van der Waals surface area (Å²) in [5.74, 6) is -0.122. The number of aromatic nitrogens is 4. The maximum atomic E-state index is 13.2. The molecule has 3 aromatic rings. The van der Waals surface area contributed by atoms with Gasteiger partial charge in [0.15, 0.2) is 5.82 Å². The van der Waals surface area contributed by atoms with Crippen LogP contribution >= 0.6 is 50.7 Å². The minimum Gasteiger partial charge on any atom is -0.307 e. The Labute approximate surface area is 199 Å². The predicted octanol–water partition coefficient (Wildman–Crippen LogP) is 6.30. The van der Waals surface area contributed by atoms with Gasteiger partial charge in [0.05, 0.1) is 21.7 Å². The molecule has 0 bridgehead atoms. The lowest BCUT2D eigenvalue weighted by Crippen LogP contribution is -2.21. The van der Waals surface area contributed by atoms with Gasteiger partial charge >= 0.3 is 0 Å². The molecule has 0 unspecified atom stereocenters. The van der Waals surface area contributed by atoms with E-state index in [1.165, 1.54) is 4.68 Å². The second-order valence-corrected chi connectivity index (χ2v) is 9.20. The average Bonchev–Trinajstić information content (AvgIpc) is 3.38. The summed E-state index contributed by atoms with van der Waals surface area (Å²) < 4.78 is 29.8. The summed E-state index contributed by atoms with van der Waals surface area (Å²) in [4.78, 5) is 12.6. The first-order chi connectivity index (χ1) is 14.7. The topological polar surface area (TPSA) is 64.7 Å². The van der Waals surface area contributed by atoms with Crippen LogP contribution in [-0.2, 0) is 17.9 Å². The maximum absolute atomic E-state index is 13.2. The third-order valence-electron chi connectivity index (χ3n) is 4.74. The molecule has 1 aromatic carbocycles. The van der Waals surface area contributed by atoms with Gasteiger partial charge in [-0.1, -0.05) is 40.9 Å². The van der Waals surface area contributed by atoms with Crippen molar-refractivity contribution in [1.29, 1.82) is 0 Å². The first-order valence-electron chi connectivity index (χ1n) is 9.24. The Kier molecular flexibility index (Phi) is 6.57. The molecule has 4 rings (SSSR count). The molecule has 1 aliphatic rings. The van der Waals surface area contributed by atoms with E-state index in [1.54, 1.807) is 29.1 Å². The second-order valence-electron chi connectivity index (χ2n) is 7.12. The first-order valence-corrected chi connectivity index (χ1v) is 11.2. The number of benzene rings is 1. The monoisotopic (exact) mass is 551 g/mol. The molecular weight excluding hydrogens is 539 g/mol. The van der Waals surface area contributed by atoms with E-state index >= 15 is 0 Å². The zero-order valence-corrected chi connectivity index (χ0v) is 19.6. The Hall–Kier alpha value is -1.68. The van der Waals surface area contributed by atoms with Gasteiger partial charge in [-0.05, 0) is 46.5 Å². The van der Waals surface area contributed by atoms with Gasteiger partial charge in [-0.15, -0.1) is 0 Å². The maximum Gasteiger partial charge on any atom is 0.283 e. The summed E-state index contributed by atoms with van der Waals surface area (Å²) in [7, 11) is 0. The minimum atomic E-state index is -2.81. The molecule has 1 amide bonds. The molecule has 1 fully saturated rings. The van der Waals surface area contributed by atoms with Crippen molar-refractivity contribution in [3.05, 3.63) is 60.9 Å². The molecule has 0 atom stereocenters. The van der Waals surface area contributed by atoms with Crippen molar-refractivity contribution in [1.82, 2.24) is 19.6 Å². The molecule has 0 aliphatic heterocycles. The number of nitrogens with zero attached hydrogens (tertiary/aromatic N) is 4. The number of amides is 1. The minimum absolute atomic E-state index is 0.0513. The average molecular weight is 554 g/mol. The number of hydrogen-bond acceptors (Lipinski definition) is 3. The van der Waals surface area contributed by atoms with E-state index in [0.29, 0.717) is 26.8 Å². The van der Waals surface area contributed by atoms with E-state index < -0.39 is 18.0 Å². The SMILES string of the molecule is O=C(Cn1nc(C(F)F)c(Cl)c1C1CC1)Nc1nn(Cc2ccc(Cl)cc2Cl)cc1Br. The van der Waals surface area contributed by atoms with Crippen LogP contribution in [0.15, 0.2) is 28.9 Å². The van der Waals surface area contributed by atoms with Crippen molar-refractivity contribution in [3.8, 4) is 0 Å². The molecule has 1 aliphatic carbocycles. The molecule has 0 radical (unpaired) electrons. The fourth-order valence-corrected chi connectivity index (χ4v) is 4.43. The van der Waals surface area contributed by atoms with Crippen LogP contribution in [0, 0.1) is 0 Å². The second kappa shape index (κ2) is 9.05. The normalized spacial score (nSPS) is 13.8. The third-order valence-corrected chi connectivity index (χ3v) is 6.30. The molecule has 1 saturated carbocycles. The molecule has 0 saturated heterocycles. The van der Waals surface area contributed by atoms with Crippen molar-refractivity contribution in [2.45, 2.75) is 38.3 Å². The van der Waals surface area contributed by atoms with Crippen LogP contribution in [-0.4, -0.2) is 25.5 Å². The van der Waals surface area contributed by atoms with Crippen LogP contribution < -0.4 is 5.32 Å². The highest BCUT2D eigenvalue weighted by Crippen LogP contribution is 2.45. The van der Waals surface area contributed by atoms with Crippen molar-refractivity contribution in [2.24, 2.45) is 0 Å². The smallest absolute Gasteiger partial charge is 0.283 e. The Morgan fingerprint density at radius 2 is 2.00 bits per heavy atom. The van der Waals surface area contributed by atoms with Gasteiger partial charge in [0.2, 0.25) is 5.91 Å². The molecule has 2 heterocycles. The van der Waals surface area contributed by atoms with Gasteiger partial charge < -0.3 is 5.32 Å². The van der Waals surface area contributed by atoms with Crippen LogP contribution in [0.3, 0.4) is 0 Å². The first kappa shape index (κ1) is 22.5. The van der Waals surface area contributed by atoms with E-state index in [4.69, 9.17) is 34.8 Å². The van der Waals surface area contributed by atoms with Crippen LogP contribution in [0.25, 0.3) is 0 Å². The number of anilines is 1. The molecule has 31 heavy (non-hydrogen) atoms.